The van der Waals surface area contributed by atoms with Crippen molar-refractivity contribution in [1.82, 2.24) is 0 Å². The molecule has 2 aromatic carbocycles. The first-order chi connectivity index (χ1) is 9.10. The number of hydrogen-bond acceptors (Lipinski definition) is 3. The molecule has 0 fully saturated rings. The van der Waals surface area contributed by atoms with Crippen LogP contribution < -0.4 is 0 Å². The Kier molecular flexibility index (Phi) is 3.88. The van der Waals surface area contributed by atoms with E-state index < -0.39 is 0 Å². The molecule has 0 amide bonds. The fourth-order valence-electron chi connectivity index (χ4n) is 1.60. The summed E-state index contributed by atoms with van der Waals surface area (Å²) in [5, 5.41) is 27.9. The summed E-state index contributed by atoms with van der Waals surface area (Å²) >= 11 is 3.34. The number of allylic oxidation sites excluding steroid dienone is 1. The number of benzene rings is 2. The molecule has 0 spiro atoms. The van der Waals surface area contributed by atoms with Crippen molar-refractivity contribution in [3.05, 3.63) is 58.1 Å². The van der Waals surface area contributed by atoms with E-state index in [1.165, 1.54) is 12.1 Å². The lowest BCUT2D eigenvalue weighted by atomic mass is 10.0. The molecule has 2 aromatic rings. The van der Waals surface area contributed by atoms with Gasteiger partial charge >= 0.3 is 0 Å². The van der Waals surface area contributed by atoms with Gasteiger partial charge in [-0.3, -0.25) is 0 Å². The number of phenolic OH excluding ortho intramolecular Hbond substituents is 2. The molecule has 3 nitrogen and oxygen atoms in total. The fraction of sp³-hybridized carbons (Fsp3) is 0. The van der Waals surface area contributed by atoms with E-state index in [2.05, 4.69) is 22.0 Å². The van der Waals surface area contributed by atoms with E-state index in [4.69, 9.17) is 0 Å². The maximum atomic E-state index is 9.45. The van der Waals surface area contributed by atoms with Crippen LogP contribution in [-0.2, 0) is 0 Å². The van der Waals surface area contributed by atoms with Crippen molar-refractivity contribution in [2.75, 3.05) is 0 Å². The van der Waals surface area contributed by atoms with Crippen LogP contribution in [0.2, 0.25) is 0 Å². The summed E-state index contributed by atoms with van der Waals surface area (Å²) in [6, 6.07) is 13.9. The predicted molar refractivity (Wildman–Crippen MR) is 77.4 cm³/mol. The lowest BCUT2D eigenvalue weighted by Crippen LogP contribution is -1.82. The van der Waals surface area contributed by atoms with E-state index in [-0.39, 0.29) is 11.5 Å². The molecule has 0 unspecified atom stereocenters. The van der Waals surface area contributed by atoms with Gasteiger partial charge in [-0.25, -0.2) is 0 Å². The van der Waals surface area contributed by atoms with Gasteiger partial charge in [0.05, 0.1) is 11.6 Å². The van der Waals surface area contributed by atoms with E-state index in [0.29, 0.717) is 11.1 Å². The van der Waals surface area contributed by atoms with E-state index >= 15 is 0 Å². The molecule has 0 aliphatic rings. The third kappa shape index (κ3) is 3.15. The van der Waals surface area contributed by atoms with Gasteiger partial charge in [-0.15, -0.1) is 0 Å². The predicted octanol–water partition coefficient (Wildman–Crippen LogP) is 3.92. The smallest absolute Gasteiger partial charge is 0.158 e. The van der Waals surface area contributed by atoms with Gasteiger partial charge in [0.1, 0.15) is 0 Å². The molecule has 0 saturated heterocycles. The molecule has 0 aliphatic carbocycles. The monoisotopic (exact) mass is 315 g/mol. The van der Waals surface area contributed by atoms with Crippen LogP contribution in [0, 0.1) is 11.3 Å². The van der Waals surface area contributed by atoms with Gasteiger partial charge in [-0.1, -0.05) is 28.1 Å². The first-order valence-electron chi connectivity index (χ1n) is 5.50. The van der Waals surface area contributed by atoms with E-state index in [0.717, 1.165) is 10.0 Å². The van der Waals surface area contributed by atoms with Crippen molar-refractivity contribution < 1.29 is 10.2 Å². The van der Waals surface area contributed by atoms with Crippen LogP contribution >= 0.6 is 15.9 Å². The molecular formula is C15H10BrNO2. The molecule has 0 saturated carbocycles. The second-order valence-electron chi connectivity index (χ2n) is 3.92. The van der Waals surface area contributed by atoms with Crippen LogP contribution in [0.4, 0.5) is 0 Å². The molecule has 0 bridgehead atoms. The SMILES string of the molecule is N#CC(=Cc1ccc(Br)cc1)c1ccc(O)c(O)c1. The minimum absolute atomic E-state index is 0.204. The molecule has 0 aromatic heterocycles. The summed E-state index contributed by atoms with van der Waals surface area (Å²) in [6.07, 6.45) is 1.72. The molecule has 2 N–H and O–H groups in total. The quantitative estimate of drug-likeness (QED) is 0.501. The normalized spacial score (nSPS) is 11.1. The zero-order valence-electron chi connectivity index (χ0n) is 9.84. The first-order valence-corrected chi connectivity index (χ1v) is 6.29. The van der Waals surface area contributed by atoms with Crippen LogP contribution in [0.25, 0.3) is 11.6 Å². The standard InChI is InChI=1S/C15H10BrNO2/c16-13-4-1-10(2-5-13)7-12(9-17)11-3-6-14(18)15(19)8-11/h1-8,18-19H. The van der Waals surface area contributed by atoms with Crippen LogP contribution in [0.15, 0.2) is 46.9 Å². The number of nitrogens with zero attached hydrogens (tertiary/aromatic N) is 1. The van der Waals surface area contributed by atoms with Crippen LogP contribution in [0.5, 0.6) is 11.5 Å². The average Bonchev–Trinajstić information content (AvgIpc) is 2.41. The van der Waals surface area contributed by atoms with Crippen molar-refractivity contribution in [3.63, 3.8) is 0 Å². The molecular weight excluding hydrogens is 306 g/mol. The lowest BCUT2D eigenvalue weighted by molar-refractivity contribution is 0.403. The van der Waals surface area contributed by atoms with Gasteiger partial charge in [0.25, 0.3) is 0 Å². The zero-order chi connectivity index (χ0) is 13.8. The Balaban J connectivity index is 2.42. The highest BCUT2D eigenvalue weighted by Crippen LogP contribution is 2.29. The minimum Gasteiger partial charge on any atom is -0.504 e. The summed E-state index contributed by atoms with van der Waals surface area (Å²) in [7, 11) is 0. The number of halogens is 1. The Labute approximate surface area is 119 Å². The lowest BCUT2D eigenvalue weighted by Gasteiger charge is -2.02. The van der Waals surface area contributed by atoms with Crippen molar-refractivity contribution in [1.29, 1.82) is 5.26 Å². The topological polar surface area (TPSA) is 64.2 Å². The van der Waals surface area contributed by atoms with Crippen molar-refractivity contribution in [2.24, 2.45) is 0 Å². The van der Waals surface area contributed by atoms with Gasteiger partial charge in [-0.2, -0.15) is 5.26 Å². The van der Waals surface area contributed by atoms with Gasteiger partial charge in [0, 0.05) is 4.47 Å². The second-order valence-corrected chi connectivity index (χ2v) is 4.84. The molecule has 0 radical (unpaired) electrons. The fourth-order valence-corrected chi connectivity index (χ4v) is 1.86. The maximum Gasteiger partial charge on any atom is 0.158 e. The molecule has 2 rings (SSSR count). The van der Waals surface area contributed by atoms with E-state index in [1.807, 2.05) is 24.3 Å². The third-order valence-corrected chi connectivity index (χ3v) is 3.12. The van der Waals surface area contributed by atoms with E-state index in [1.54, 1.807) is 12.1 Å². The van der Waals surface area contributed by atoms with Crippen LogP contribution in [-0.4, -0.2) is 10.2 Å². The Bertz CT molecular complexity index is 670. The first kappa shape index (κ1) is 13.2. The highest BCUT2D eigenvalue weighted by Gasteiger charge is 2.05. The molecule has 4 heteroatoms. The van der Waals surface area contributed by atoms with Gasteiger partial charge in [0.15, 0.2) is 11.5 Å². The summed E-state index contributed by atoms with van der Waals surface area (Å²) in [5.74, 6) is -0.445. The number of rotatable bonds is 2. The second kappa shape index (κ2) is 5.59. The maximum absolute atomic E-state index is 9.45. The minimum atomic E-state index is -0.241. The Morgan fingerprint density at radius 3 is 2.32 bits per heavy atom. The van der Waals surface area contributed by atoms with Gasteiger partial charge < -0.3 is 10.2 Å². The molecule has 94 valence electrons. The number of nitriles is 1. The number of phenols is 2. The van der Waals surface area contributed by atoms with Crippen molar-refractivity contribution in [2.45, 2.75) is 0 Å². The van der Waals surface area contributed by atoms with Crippen molar-refractivity contribution in [3.8, 4) is 17.6 Å². The number of hydrogen-bond donors (Lipinski definition) is 2. The molecule has 0 heterocycles. The third-order valence-electron chi connectivity index (χ3n) is 2.59. The molecule has 0 aliphatic heterocycles. The van der Waals surface area contributed by atoms with Crippen LogP contribution in [0.3, 0.4) is 0 Å². The number of aromatic hydroxyl groups is 2. The average molecular weight is 316 g/mol. The van der Waals surface area contributed by atoms with E-state index in [9.17, 15) is 15.5 Å². The van der Waals surface area contributed by atoms with Gasteiger partial charge in [-0.05, 0) is 47.5 Å². The summed E-state index contributed by atoms with van der Waals surface area (Å²) in [5.41, 5.74) is 1.85. The highest BCUT2D eigenvalue weighted by atomic mass is 79.9. The molecule has 0 atom stereocenters. The molecule has 19 heavy (non-hydrogen) atoms. The van der Waals surface area contributed by atoms with Crippen molar-refractivity contribution >= 4 is 27.6 Å². The summed E-state index contributed by atoms with van der Waals surface area (Å²) in [6.45, 7) is 0. The van der Waals surface area contributed by atoms with Gasteiger partial charge in [0.2, 0.25) is 0 Å². The van der Waals surface area contributed by atoms with Crippen LogP contribution in [0.1, 0.15) is 11.1 Å². The largest absolute Gasteiger partial charge is 0.504 e. The Morgan fingerprint density at radius 1 is 1.05 bits per heavy atom. The highest BCUT2D eigenvalue weighted by molar-refractivity contribution is 9.10. The summed E-state index contributed by atoms with van der Waals surface area (Å²) in [4.78, 5) is 0. The Morgan fingerprint density at radius 2 is 1.74 bits per heavy atom. The summed E-state index contributed by atoms with van der Waals surface area (Å²) < 4.78 is 0.963. The zero-order valence-corrected chi connectivity index (χ0v) is 11.4. The Hall–Kier alpha value is -2.25.